The van der Waals surface area contributed by atoms with E-state index in [1.807, 2.05) is 24.3 Å². The van der Waals surface area contributed by atoms with Gasteiger partial charge in [0.25, 0.3) is 0 Å². The number of nitrogens with one attached hydrogen (secondary N) is 1. The minimum atomic E-state index is -0.324. The van der Waals surface area contributed by atoms with E-state index in [1.54, 1.807) is 36.1 Å². The van der Waals surface area contributed by atoms with Crippen LogP contribution >= 0.6 is 0 Å². The topological polar surface area (TPSA) is 71.1 Å². The zero-order chi connectivity index (χ0) is 17.4. The Hall–Kier alpha value is -2.70. The molecule has 1 aliphatic rings. The van der Waals surface area contributed by atoms with E-state index in [2.05, 4.69) is 5.32 Å². The molecule has 0 atom stereocenters. The number of piperazine rings is 1. The lowest BCUT2D eigenvalue weighted by molar-refractivity contribution is 0.0856. The highest BCUT2D eigenvalue weighted by Crippen LogP contribution is 2.13. The first-order chi connectivity index (χ1) is 11.6. The quantitative estimate of drug-likeness (QED) is 0.916. The van der Waals surface area contributed by atoms with Crippen LogP contribution < -0.4 is 10.1 Å². The number of urea groups is 1. The molecule has 130 valence electrons. The number of amides is 3. The smallest absolute Gasteiger partial charge is 0.409 e. The third-order valence-corrected chi connectivity index (χ3v) is 3.67. The first-order valence-corrected chi connectivity index (χ1v) is 7.91. The fourth-order valence-corrected chi connectivity index (χ4v) is 2.35. The van der Waals surface area contributed by atoms with E-state index in [0.29, 0.717) is 32.8 Å². The van der Waals surface area contributed by atoms with Crippen LogP contribution in [-0.2, 0) is 4.74 Å². The lowest BCUT2D eigenvalue weighted by atomic mass is 10.2. The van der Waals surface area contributed by atoms with Crippen LogP contribution in [0, 0.1) is 0 Å². The molecule has 7 nitrogen and oxygen atoms in total. The van der Waals surface area contributed by atoms with Crippen molar-refractivity contribution < 1.29 is 19.1 Å². The van der Waals surface area contributed by atoms with Crippen molar-refractivity contribution in [3.05, 3.63) is 36.0 Å². The molecular weight excluding hydrogens is 310 g/mol. The molecule has 1 aliphatic heterocycles. The van der Waals surface area contributed by atoms with Crippen LogP contribution in [-0.4, -0.2) is 61.8 Å². The summed E-state index contributed by atoms with van der Waals surface area (Å²) in [4.78, 5) is 27.0. The van der Waals surface area contributed by atoms with Crippen molar-refractivity contribution in [2.24, 2.45) is 0 Å². The second-order valence-corrected chi connectivity index (χ2v) is 5.23. The van der Waals surface area contributed by atoms with Gasteiger partial charge in [-0.3, -0.25) is 0 Å². The van der Waals surface area contributed by atoms with Crippen LogP contribution in [0.2, 0.25) is 0 Å². The number of ether oxygens (including phenoxy) is 2. The number of benzene rings is 1. The van der Waals surface area contributed by atoms with Crippen LogP contribution in [0.4, 0.5) is 9.59 Å². The molecule has 1 N–H and O–H groups in total. The Morgan fingerprint density at radius 1 is 1.21 bits per heavy atom. The molecule has 0 aromatic heterocycles. The van der Waals surface area contributed by atoms with Crippen LogP contribution in [0.5, 0.6) is 5.75 Å². The van der Waals surface area contributed by atoms with Gasteiger partial charge in [0.05, 0.1) is 13.7 Å². The van der Waals surface area contributed by atoms with E-state index < -0.39 is 0 Å². The van der Waals surface area contributed by atoms with Crippen molar-refractivity contribution >= 4 is 18.2 Å². The molecule has 1 aromatic rings. The number of carbonyl (C=O) groups is 2. The van der Waals surface area contributed by atoms with E-state index in [0.717, 1.165) is 11.3 Å². The molecule has 1 aromatic carbocycles. The van der Waals surface area contributed by atoms with Crippen molar-refractivity contribution in [3.8, 4) is 5.75 Å². The third kappa shape index (κ3) is 4.91. The van der Waals surface area contributed by atoms with Crippen molar-refractivity contribution in [1.29, 1.82) is 0 Å². The summed E-state index contributed by atoms with van der Waals surface area (Å²) in [5.74, 6) is 0.763. The molecule has 24 heavy (non-hydrogen) atoms. The van der Waals surface area contributed by atoms with E-state index in [9.17, 15) is 9.59 Å². The molecule has 0 bridgehead atoms. The Kier molecular flexibility index (Phi) is 6.48. The van der Waals surface area contributed by atoms with Gasteiger partial charge in [0, 0.05) is 32.4 Å². The SMILES string of the molecule is CCOC(=O)N1CCN(C(=O)N/C=C/c2cccc(OC)c2)CC1. The van der Waals surface area contributed by atoms with Gasteiger partial charge in [-0.1, -0.05) is 12.1 Å². The zero-order valence-corrected chi connectivity index (χ0v) is 14.0. The maximum atomic E-state index is 12.1. The Balaban J connectivity index is 1.79. The molecule has 3 amide bonds. The van der Waals surface area contributed by atoms with Crippen LogP contribution in [0.1, 0.15) is 12.5 Å². The normalized spacial score (nSPS) is 14.6. The second kappa shape index (κ2) is 8.81. The van der Waals surface area contributed by atoms with Gasteiger partial charge < -0.3 is 24.6 Å². The van der Waals surface area contributed by atoms with Gasteiger partial charge >= 0.3 is 12.1 Å². The summed E-state index contributed by atoms with van der Waals surface area (Å²) >= 11 is 0. The maximum absolute atomic E-state index is 12.1. The Morgan fingerprint density at radius 2 is 1.92 bits per heavy atom. The Morgan fingerprint density at radius 3 is 2.58 bits per heavy atom. The van der Waals surface area contributed by atoms with E-state index in [1.165, 1.54) is 0 Å². The Labute approximate surface area is 141 Å². The largest absolute Gasteiger partial charge is 0.497 e. The molecule has 0 radical (unpaired) electrons. The standard InChI is InChI=1S/C17H23N3O4/c1-3-24-17(22)20-11-9-19(10-12-20)16(21)18-8-7-14-5-4-6-15(13-14)23-2/h4-8,13H,3,9-12H2,1-2H3,(H,18,21)/b8-7+. The molecule has 1 heterocycles. The van der Waals surface area contributed by atoms with Crippen molar-refractivity contribution in [1.82, 2.24) is 15.1 Å². The highest BCUT2D eigenvalue weighted by atomic mass is 16.6. The summed E-state index contributed by atoms with van der Waals surface area (Å²) in [7, 11) is 1.61. The van der Waals surface area contributed by atoms with Gasteiger partial charge in [-0.2, -0.15) is 0 Å². The molecule has 0 saturated carbocycles. The van der Waals surface area contributed by atoms with Crippen molar-refractivity contribution in [3.63, 3.8) is 0 Å². The maximum Gasteiger partial charge on any atom is 0.409 e. The third-order valence-electron chi connectivity index (χ3n) is 3.67. The first-order valence-electron chi connectivity index (χ1n) is 7.91. The van der Waals surface area contributed by atoms with Crippen LogP contribution in [0.25, 0.3) is 6.08 Å². The summed E-state index contributed by atoms with van der Waals surface area (Å²) < 4.78 is 10.1. The predicted octanol–water partition coefficient (Wildman–Crippen LogP) is 2.15. The van der Waals surface area contributed by atoms with Crippen molar-refractivity contribution in [2.75, 3.05) is 39.9 Å². The molecule has 2 rings (SSSR count). The van der Waals surface area contributed by atoms with E-state index in [-0.39, 0.29) is 12.1 Å². The molecule has 0 aliphatic carbocycles. The zero-order valence-electron chi connectivity index (χ0n) is 14.0. The number of hydrogen-bond donors (Lipinski definition) is 1. The van der Waals surface area contributed by atoms with Gasteiger partial charge in [0.15, 0.2) is 0 Å². The summed E-state index contributed by atoms with van der Waals surface area (Å²) in [5.41, 5.74) is 0.932. The van der Waals surface area contributed by atoms with E-state index in [4.69, 9.17) is 9.47 Å². The second-order valence-electron chi connectivity index (χ2n) is 5.23. The number of rotatable bonds is 4. The highest BCUT2D eigenvalue weighted by molar-refractivity contribution is 5.76. The van der Waals surface area contributed by atoms with E-state index >= 15 is 0 Å². The van der Waals surface area contributed by atoms with Crippen LogP contribution in [0.15, 0.2) is 30.5 Å². The monoisotopic (exact) mass is 333 g/mol. The lowest BCUT2D eigenvalue weighted by Crippen LogP contribution is -2.52. The molecule has 0 unspecified atom stereocenters. The molecule has 0 spiro atoms. The minimum absolute atomic E-state index is 0.183. The number of carbonyl (C=O) groups excluding carboxylic acids is 2. The number of hydrogen-bond acceptors (Lipinski definition) is 4. The fraction of sp³-hybridized carbons (Fsp3) is 0.412. The van der Waals surface area contributed by atoms with Gasteiger partial charge in [0.2, 0.25) is 0 Å². The van der Waals surface area contributed by atoms with Gasteiger partial charge in [0.1, 0.15) is 5.75 Å². The summed E-state index contributed by atoms with van der Waals surface area (Å²) in [5, 5.41) is 2.74. The van der Waals surface area contributed by atoms with Crippen LogP contribution in [0.3, 0.4) is 0 Å². The number of nitrogens with zero attached hydrogens (tertiary/aromatic N) is 2. The lowest BCUT2D eigenvalue weighted by Gasteiger charge is -2.33. The number of methoxy groups -OCH3 is 1. The fourth-order valence-electron chi connectivity index (χ4n) is 2.35. The van der Waals surface area contributed by atoms with Gasteiger partial charge in [-0.05, 0) is 30.7 Å². The average molecular weight is 333 g/mol. The van der Waals surface area contributed by atoms with Gasteiger partial charge in [-0.15, -0.1) is 0 Å². The summed E-state index contributed by atoms with van der Waals surface area (Å²) in [6.45, 7) is 4.05. The molecule has 1 fully saturated rings. The minimum Gasteiger partial charge on any atom is -0.497 e. The summed E-state index contributed by atoms with van der Waals surface area (Å²) in [6.07, 6.45) is 3.08. The van der Waals surface area contributed by atoms with Gasteiger partial charge in [-0.25, -0.2) is 9.59 Å². The average Bonchev–Trinajstić information content (AvgIpc) is 2.62. The molecule has 1 saturated heterocycles. The highest BCUT2D eigenvalue weighted by Gasteiger charge is 2.24. The molecular formula is C17H23N3O4. The summed E-state index contributed by atoms with van der Waals surface area (Å²) in [6, 6.07) is 7.36. The first kappa shape index (κ1) is 17.7. The predicted molar refractivity (Wildman–Crippen MR) is 90.7 cm³/mol. The molecule has 7 heteroatoms. The van der Waals surface area contributed by atoms with Crippen molar-refractivity contribution in [2.45, 2.75) is 6.92 Å². The Bertz CT molecular complexity index is 595.